The van der Waals surface area contributed by atoms with E-state index in [0.717, 1.165) is 25.9 Å². The Labute approximate surface area is 165 Å². The van der Waals surface area contributed by atoms with Crippen molar-refractivity contribution < 1.29 is 13.2 Å². The highest BCUT2D eigenvalue weighted by Crippen LogP contribution is 2.35. The van der Waals surface area contributed by atoms with E-state index in [1.54, 1.807) is 4.31 Å². The Morgan fingerprint density at radius 3 is 2.58 bits per heavy atom. The number of thioether (sulfide) groups is 1. The van der Waals surface area contributed by atoms with E-state index >= 15 is 0 Å². The Kier molecular flexibility index (Phi) is 6.60. The van der Waals surface area contributed by atoms with Gasteiger partial charge in [0.2, 0.25) is 15.9 Å². The van der Waals surface area contributed by atoms with Crippen molar-refractivity contribution in [3.8, 4) is 0 Å². The van der Waals surface area contributed by atoms with Gasteiger partial charge in [-0.25, -0.2) is 8.42 Å². The third kappa shape index (κ3) is 4.41. The molecule has 3 aliphatic heterocycles. The number of amides is 1. The zero-order valence-electron chi connectivity index (χ0n) is 15.4. The molecule has 0 bridgehead atoms. The van der Waals surface area contributed by atoms with E-state index in [1.165, 1.54) is 11.8 Å². The van der Waals surface area contributed by atoms with Crippen LogP contribution >= 0.6 is 23.4 Å². The number of sulfonamides is 1. The maximum Gasteiger partial charge on any atom is 0.233 e. The Morgan fingerprint density at radius 2 is 2.00 bits per heavy atom. The second-order valence-electron chi connectivity index (χ2n) is 7.52. The Morgan fingerprint density at radius 1 is 1.31 bits per heavy atom. The summed E-state index contributed by atoms with van der Waals surface area (Å²) in [7, 11) is -3.34. The van der Waals surface area contributed by atoms with Crippen LogP contribution in [-0.2, 0) is 14.8 Å². The summed E-state index contributed by atoms with van der Waals surface area (Å²) in [6.45, 7) is 7.01. The monoisotopic (exact) mass is 421 g/mol. The van der Waals surface area contributed by atoms with Crippen molar-refractivity contribution in [1.29, 1.82) is 0 Å². The molecule has 1 amide bonds. The smallest absolute Gasteiger partial charge is 0.233 e. The number of carbonyl (C=O) groups is 1. The highest BCUT2D eigenvalue weighted by molar-refractivity contribution is 8.06. The van der Waals surface area contributed by atoms with Crippen LogP contribution in [0, 0.1) is 0 Å². The lowest BCUT2D eigenvalue weighted by Gasteiger charge is -2.37. The number of nitrogens with one attached hydrogen (secondary N) is 1. The fourth-order valence-electron chi connectivity index (χ4n) is 3.95. The van der Waals surface area contributed by atoms with Crippen molar-refractivity contribution in [1.82, 2.24) is 14.5 Å². The fourth-order valence-corrected chi connectivity index (χ4v) is 7.27. The highest BCUT2D eigenvalue weighted by Gasteiger charge is 2.43. The molecule has 0 aromatic heterocycles. The number of hydrogen-bond donors (Lipinski definition) is 1. The van der Waals surface area contributed by atoms with Crippen LogP contribution in [0.5, 0.6) is 0 Å². The number of allylic oxidation sites excluding steroid dienone is 1. The van der Waals surface area contributed by atoms with Crippen molar-refractivity contribution in [3.63, 3.8) is 0 Å². The number of halogens is 1. The normalized spacial score (nSPS) is 30.7. The zero-order valence-corrected chi connectivity index (χ0v) is 17.7. The first-order valence-electron chi connectivity index (χ1n) is 9.33. The van der Waals surface area contributed by atoms with Crippen molar-refractivity contribution in [2.24, 2.45) is 0 Å². The molecule has 26 heavy (non-hydrogen) atoms. The van der Waals surface area contributed by atoms with Crippen molar-refractivity contribution >= 4 is 39.3 Å². The molecule has 0 saturated carbocycles. The van der Waals surface area contributed by atoms with Gasteiger partial charge >= 0.3 is 0 Å². The summed E-state index contributed by atoms with van der Waals surface area (Å²) in [6.07, 6.45) is 4.80. The number of nitrogens with zero attached hydrogens (tertiary/aromatic N) is 2. The molecule has 9 heteroatoms. The van der Waals surface area contributed by atoms with E-state index in [0.29, 0.717) is 29.8 Å². The van der Waals surface area contributed by atoms with E-state index < -0.39 is 15.3 Å². The molecule has 2 atom stereocenters. The molecule has 2 saturated heterocycles. The standard InChI is InChI=1S/C17H28ClN3O3S2/c1-12(2)20-8-5-13(6-9-20)21-10-7-14(26(21,23)24)11-19-17(22)15-3-4-16(18)25-15/h4,12-15H,3,5-11H2,1-2H3,(H,19,22). The molecule has 6 nitrogen and oxygen atoms in total. The molecule has 3 aliphatic rings. The lowest BCUT2D eigenvalue weighted by atomic mass is 10.0. The number of piperidine rings is 1. The fraction of sp³-hybridized carbons (Fsp3) is 0.824. The number of likely N-dealkylation sites (tertiary alicyclic amines) is 1. The number of rotatable bonds is 5. The summed E-state index contributed by atoms with van der Waals surface area (Å²) < 4.78 is 28.2. The Bertz CT molecular complexity index is 660. The van der Waals surface area contributed by atoms with Crippen molar-refractivity contribution in [2.75, 3.05) is 26.2 Å². The molecule has 0 spiro atoms. The first-order chi connectivity index (χ1) is 12.3. The average molecular weight is 422 g/mol. The van der Waals surface area contributed by atoms with Crippen LogP contribution in [-0.4, -0.2) is 72.3 Å². The summed E-state index contributed by atoms with van der Waals surface area (Å²) in [5.74, 6) is -0.124. The first kappa shape index (κ1) is 20.5. The van der Waals surface area contributed by atoms with Crippen LogP contribution in [0.2, 0.25) is 0 Å². The summed E-state index contributed by atoms with van der Waals surface area (Å²) in [4.78, 5) is 14.6. The second-order valence-corrected chi connectivity index (χ2v) is 11.6. The first-order valence-corrected chi connectivity index (χ1v) is 12.1. The quantitative estimate of drug-likeness (QED) is 0.734. The molecule has 2 unspecified atom stereocenters. The summed E-state index contributed by atoms with van der Waals surface area (Å²) in [5.41, 5.74) is 0. The molecule has 0 radical (unpaired) electrons. The molecular formula is C17H28ClN3O3S2. The predicted octanol–water partition coefficient (Wildman–Crippen LogP) is 1.97. The summed E-state index contributed by atoms with van der Waals surface area (Å²) >= 11 is 7.23. The molecule has 3 rings (SSSR count). The van der Waals surface area contributed by atoms with Crippen molar-refractivity contribution in [3.05, 3.63) is 10.4 Å². The van der Waals surface area contributed by atoms with Gasteiger partial charge in [-0.3, -0.25) is 4.79 Å². The van der Waals surface area contributed by atoms with Gasteiger partial charge in [0, 0.05) is 25.2 Å². The molecule has 0 aromatic rings. The molecule has 2 fully saturated rings. The molecule has 1 N–H and O–H groups in total. The van der Waals surface area contributed by atoms with Gasteiger partial charge in [-0.1, -0.05) is 17.7 Å². The largest absolute Gasteiger partial charge is 0.354 e. The lowest BCUT2D eigenvalue weighted by molar-refractivity contribution is -0.120. The molecular weight excluding hydrogens is 394 g/mol. The average Bonchev–Trinajstić information content (AvgIpc) is 3.15. The third-order valence-electron chi connectivity index (χ3n) is 5.60. The predicted molar refractivity (Wildman–Crippen MR) is 107 cm³/mol. The summed E-state index contributed by atoms with van der Waals surface area (Å²) in [6, 6.07) is 0.606. The van der Waals surface area contributed by atoms with E-state index in [4.69, 9.17) is 11.6 Å². The minimum Gasteiger partial charge on any atom is -0.354 e. The Hall–Kier alpha value is -0.280. The molecule has 0 aliphatic carbocycles. The molecule has 148 valence electrons. The minimum absolute atomic E-state index is 0.101. The van der Waals surface area contributed by atoms with E-state index in [-0.39, 0.29) is 23.7 Å². The Balaban J connectivity index is 1.51. The minimum atomic E-state index is -3.34. The maximum absolute atomic E-state index is 12.9. The SMILES string of the molecule is CC(C)N1CCC(N2CCC(CNC(=O)C3CC=C(Cl)S3)S2(=O)=O)CC1. The molecule has 3 heterocycles. The lowest BCUT2D eigenvalue weighted by Crippen LogP contribution is -2.48. The van der Waals surface area contributed by atoms with Gasteiger partial charge in [0.15, 0.2) is 0 Å². The van der Waals surface area contributed by atoms with Gasteiger partial charge in [-0.2, -0.15) is 4.31 Å². The van der Waals surface area contributed by atoms with Gasteiger partial charge in [-0.15, -0.1) is 11.8 Å². The van der Waals surface area contributed by atoms with Crippen molar-refractivity contribution in [2.45, 2.75) is 62.1 Å². The van der Waals surface area contributed by atoms with Gasteiger partial charge in [0.05, 0.1) is 14.9 Å². The van der Waals surface area contributed by atoms with Crippen LogP contribution in [0.4, 0.5) is 0 Å². The van der Waals surface area contributed by atoms with Crippen LogP contribution in [0.1, 0.15) is 39.5 Å². The van der Waals surface area contributed by atoms with E-state index in [9.17, 15) is 13.2 Å². The molecule has 0 aromatic carbocycles. The second kappa shape index (κ2) is 8.39. The van der Waals surface area contributed by atoms with Crippen LogP contribution in [0.3, 0.4) is 0 Å². The van der Waals surface area contributed by atoms with E-state index in [1.807, 2.05) is 6.08 Å². The van der Waals surface area contributed by atoms with Crippen LogP contribution in [0.25, 0.3) is 0 Å². The maximum atomic E-state index is 12.9. The topological polar surface area (TPSA) is 69.7 Å². The van der Waals surface area contributed by atoms with Gasteiger partial charge in [-0.05, 0) is 52.6 Å². The van der Waals surface area contributed by atoms with E-state index in [2.05, 4.69) is 24.1 Å². The zero-order chi connectivity index (χ0) is 18.9. The number of hydrogen-bond acceptors (Lipinski definition) is 5. The van der Waals surface area contributed by atoms with Crippen LogP contribution < -0.4 is 5.32 Å². The van der Waals surface area contributed by atoms with Gasteiger partial charge < -0.3 is 10.2 Å². The van der Waals surface area contributed by atoms with Gasteiger partial charge in [0.1, 0.15) is 0 Å². The third-order valence-corrected chi connectivity index (χ3v) is 9.48. The van der Waals surface area contributed by atoms with Gasteiger partial charge in [0.25, 0.3) is 0 Å². The summed E-state index contributed by atoms with van der Waals surface area (Å²) in [5, 5.41) is 2.08. The highest BCUT2D eigenvalue weighted by atomic mass is 35.5. The number of carbonyl (C=O) groups excluding carboxylic acids is 1. The van der Waals surface area contributed by atoms with Crippen LogP contribution in [0.15, 0.2) is 10.4 Å².